The van der Waals surface area contributed by atoms with E-state index in [4.69, 9.17) is 5.73 Å². The Morgan fingerprint density at radius 3 is 3.00 bits per heavy atom. The van der Waals surface area contributed by atoms with Crippen LogP contribution in [0.3, 0.4) is 0 Å². The highest BCUT2D eigenvalue weighted by atomic mass is 32.1. The van der Waals surface area contributed by atoms with Crippen molar-refractivity contribution in [3.05, 3.63) is 5.69 Å². The van der Waals surface area contributed by atoms with Gasteiger partial charge in [-0.2, -0.15) is 0 Å². The van der Waals surface area contributed by atoms with E-state index in [1.165, 1.54) is 0 Å². The van der Waals surface area contributed by atoms with Gasteiger partial charge in [0.1, 0.15) is 10.7 Å². The van der Waals surface area contributed by atoms with Crippen LogP contribution in [0, 0.1) is 0 Å². The van der Waals surface area contributed by atoms with Gasteiger partial charge in [0.25, 0.3) is 0 Å². The summed E-state index contributed by atoms with van der Waals surface area (Å²) in [6.45, 7) is 0. The van der Waals surface area contributed by atoms with Gasteiger partial charge in [0, 0.05) is 11.5 Å². The monoisotopic (exact) mass is 142 g/mol. The van der Waals surface area contributed by atoms with Crippen molar-refractivity contribution in [2.24, 2.45) is 0 Å². The fourth-order valence-corrected chi connectivity index (χ4v) is 0.852. The van der Waals surface area contributed by atoms with E-state index in [0.29, 0.717) is 10.7 Å². The second-order valence-corrected chi connectivity index (χ2v) is 2.19. The summed E-state index contributed by atoms with van der Waals surface area (Å²) < 4.78 is 3.53. The number of hydrogen-bond donors (Lipinski definition) is 1. The van der Waals surface area contributed by atoms with E-state index in [1.807, 2.05) is 0 Å². The zero-order valence-corrected chi connectivity index (χ0v) is 5.31. The molecule has 0 aliphatic heterocycles. The van der Waals surface area contributed by atoms with Crippen LogP contribution in [-0.4, -0.2) is 15.9 Å². The second kappa shape index (κ2) is 2.54. The molecule has 0 aliphatic carbocycles. The number of nitrogen functional groups attached to an aromatic ring is 1. The molecule has 4 nitrogen and oxygen atoms in total. The lowest BCUT2D eigenvalue weighted by atomic mass is 10.4. The Hall–Kier alpha value is -0.970. The molecule has 1 aromatic heterocycles. The van der Waals surface area contributed by atoms with Gasteiger partial charge in [-0.15, -0.1) is 5.10 Å². The van der Waals surface area contributed by atoms with Gasteiger partial charge in [0.05, 0.1) is 6.42 Å². The van der Waals surface area contributed by atoms with Crippen LogP contribution in [0.4, 0.5) is 5.00 Å². The van der Waals surface area contributed by atoms with Crippen molar-refractivity contribution in [2.45, 2.75) is 6.42 Å². The van der Waals surface area contributed by atoms with Crippen molar-refractivity contribution in [3.63, 3.8) is 0 Å². The minimum Gasteiger partial charge on any atom is -0.388 e. The number of anilines is 1. The molecule has 0 spiro atoms. The molecule has 1 heterocycles. The summed E-state index contributed by atoms with van der Waals surface area (Å²) in [6, 6.07) is 0. The molecule has 0 amide bonds. The quantitative estimate of drug-likeness (QED) is 0.619. The van der Waals surface area contributed by atoms with E-state index < -0.39 is 0 Å². The summed E-state index contributed by atoms with van der Waals surface area (Å²) in [6.07, 6.45) is 1.83. The van der Waals surface area contributed by atoms with Crippen LogP contribution in [0.2, 0.25) is 0 Å². The van der Waals surface area contributed by atoms with Crippen molar-refractivity contribution in [1.29, 1.82) is 0 Å². The Morgan fingerprint density at radius 1 is 1.78 bits per heavy atom. The highest BCUT2D eigenvalue weighted by Gasteiger charge is 2.01. The number of carbonyl (C=O) groups excluding carboxylic acids is 1. The molecule has 0 fully saturated rings. The Morgan fingerprint density at radius 2 is 2.56 bits per heavy atom. The molecular formula is C4H4N3OS. The summed E-state index contributed by atoms with van der Waals surface area (Å²) in [5, 5.41) is 4.08. The molecule has 47 valence electrons. The van der Waals surface area contributed by atoms with E-state index in [9.17, 15) is 4.79 Å². The summed E-state index contributed by atoms with van der Waals surface area (Å²) in [7, 11) is 0. The molecule has 2 N–H and O–H groups in total. The summed E-state index contributed by atoms with van der Waals surface area (Å²) >= 11 is 1.08. The van der Waals surface area contributed by atoms with Crippen LogP contribution in [0.25, 0.3) is 0 Å². The van der Waals surface area contributed by atoms with Crippen molar-refractivity contribution < 1.29 is 4.79 Å². The maximum atomic E-state index is 9.78. The largest absolute Gasteiger partial charge is 0.388 e. The molecule has 0 atom stereocenters. The zero-order valence-electron chi connectivity index (χ0n) is 4.50. The first kappa shape index (κ1) is 6.15. The summed E-state index contributed by atoms with van der Waals surface area (Å²) in [5.41, 5.74) is 5.86. The van der Waals surface area contributed by atoms with E-state index in [0.717, 1.165) is 11.5 Å². The molecule has 0 bridgehead atoms. The average Bonchev–Trinajstić information content (AvgIpc) is 2.18. The predicted octanol–water partition coefficient (Wildman–Crippen LogP) is -0.227. The van der Waals surface area contributed by atoms with Crippen LogP contribution < -0.4 is 5.73 Å². The molecule has 1 aromatic rings. The fraction of sp³-hybridized carbons (Fsp3) is 0.250. The fourth-order valence-electron chi connectivity index (χ4n) is 0.406. The zero-order chi connectivity index (χ0) is 6.69. The standard InChI is InChI=1S/C4H4N3OS/c5-4-3(1-2-8)6-7-9-4/h1,5H2. The first-order valence-corrected chi connectivity index (χ1v) is 3.03. The first-order chi connectivity index (χ1) is 4.34. The Balaban J connectivity index is 2.80. The van der Waals surface area contributed by atoms with Crippen molar-refractivity contribution >= 4 is 22.8 Å². The van der Waals surface area contributed by atoms with Crippen LogP contribution in [0.1, 0.15) is 5.69 Å². The van der Waals surface area contributed by atoms with E-state index in [-0.39, 0.29) is 6.42 Å². The minimum atomic E-state index is 0.141. The van der Waals surface area contributed by atoms with Crippen molar-refractivity contribution in [1.82, 2.24) is 9.59 Å². The third-order valence-corrected chi connectivity index (χ3v) is 1.42. The SMILES string of the molecule is Nc1snnc1C[C]=O. The van der Waals surface area contributed by atoms with Crippen molar-refractivity contribution in [2.75, 3.05) is 5.73 Å². The highest BCUT2D eigenvalue weighted by Crippen LogP contribution is 2.11. The average molecular weight is 142 g/mol. The molecule has 5 heteroatoms. The molecule has 1 rings (SSSR count). The van der Waals surface area contributed by atoms with E-state index in [2.05, 4.69) is 9.59 Å². The second-order valence-electron chi connectivity index (χ2n) is 1.40. The van der Waals surface area contributed by atoms with Crippen LogP contribution in [0.15, 0.2) is 0 Å². The van der Waals surface area contributed by atoms with E-state index >= 15 is 0 Å². The maximum Gasteiger partial charge on any atom is 0.204 e. The highest BCUT2D eigenvalue weighted by molar-refractivity contribution is 7.09. The van der Waals surface area contributed by atoms with Crippen LogP contribution >= 0.6 is 11.5 Å². The van der Waals surface area contributed by atoms with Gasteiger partial charge in [0.15, 0.2) is 0 Å². The van der Waals surface area contributed by atoms with Gasteiger partial charge in [-0.05, 0) is 0 Å². The molecule has 0 aromatic carbocycles. The van der Waals surface area contributed by atoms with Gasteiger partial charge >= 0.3 is 0 Å². The Bertz CT molecular complexity index is 209. The normalized spacial score (nSPS) is 9.33. The molecule has 0 unspecified atom stereocenters. The topological polar surface area (TPSA) is 68.9 Å². The Kier molecular flexibility index (Phi) is 1.74. The van der Waals surface area contributed by atoms with Gasteiger partial charge in [-0.25, -0.2) is 0 Å². The summed E-state index contributed by atoms with van der Waals surface area (Å²) in [4.78, 5) is 9.78. The third kappa shape index (κ3) is 1.23. The Labute approximate surface area is 55.9 Å². The number of aromatic nitrogens is 2. The van der Waals surface area contributed by atoms with Gasteiger partial charge in [-0.1, -0.05) is 4.49 Å². The third-order valence-electron chi connectivity index (χ3n) is 0.825. The van der Waals surface area contributed by atoms with Crippen molar-refractivity contribution in [3.8, 4) is 0 Å². The molecule has 0 saturated carbocycles. The van der Waals surface area contributed by atoms with E-state index in [1.54, 1.807) is 6.29 Å². The smallest absolute Gasteiger partial charge is 0.204 e. The lowest BCUT2D eigenvalue weighted by Gasteiger charge is -1.82. The van der Waals surface area contributed by atoms with Gasteiger partial charge in [0.2, 0.25) is 6.29 Å². The number of rotatable bonds is 2. The van der Waals surface area contributed by atoms with Gasteiger partial charge in [-0.3, -0.25) is 4.79 Å². The number of nitrogens with two attached hydrogens (primary N) is 1. The molecule has 1 radical (unpaired) electrons. The molecule has 0 aliphatic rings. The lowest BCUT2D eigenvalue weighted by Crippen LogP contribution is -1.91. The lowest BCUT2D eigenvalue weighted by molar-refractivity contribution is 0.554. The predicted molar refractivity (Wildman–Crippen MR) is 33.7 cm³/mol. The first-order valence-electron chi connectivity index (χ1n) is 2.26. The minimum absolute atomic E-state index is 0.141. The molecular weight excluding hydrogens is 138 g/mol. The molecule has 9 heavy (non-hydrogen) atoms. The van der Waals surface area contributed by atoms with Gasteiger partial charge < -0.3 is 5.73 Å². The molecule has 0 saturated heterocycles. The van der Waals surface area contributed by atoms with Crippen LogP contribution in [-0.2, 0) is 11.2 Å². The maximum absolute atomic E-state index is 9.78. The summed E-state index contributed by atoms with van der Waals surface area (Å²) in [5.74, 6) is 0. The van der Waals surface area contributed by atoms with Crippen LogP contribution in [0.5, 0.6) is 0 Å². The number of nitrogens with zero attached hydrogens (tertiary/aromatic N) is 2. The number of hydrogen-bond acceptors (Lipinski definition) is 5.